The smallest absolute Gasteiger partial charge is 0.246 e. The topological polar surface area (TPSA) is 85.8 Å². The molecular formula is C15H21N5O. The zero-order valence-corrected chi connectivity index (χ0v) is 12.5. The zero-order chi connectivity index (χ0) is 15.2. The van der Waals surface area contributed by atoms with Crippen molar-refractivity contribution in [2.24, 2.45) is 5.73 Å². The molecule has 1 aromatic carbocycles. The molecule has 0 atom stereocenters. The molecule has 0 unspecified atom stereocenters. The summed E-state index contributed by atoms with van der Waals surface area (Å²) in [6, 6.07) is 5.85. The minimum absolute atomic E-state index is 0.112. The standard InChI is InChI=1S/C15H21N5O/c1-11-5-3-7-14(12(11)2)17-15(21)10-20-9-13(18-19-20)6-4-8-16/h3,5,7,9H,4,6,8,10,16H2,1-2H3,(H,17,21). The first kappa shape index (κ1) is 15.2. The molecule has 1 heterocycles. The maximum Gasteiger partial charge on any atom is 0.246 e. The molecule has 0 aliphatic carbocycles. The van der Waals surface area contributed by atoms with Crippen LogP contribution in [0.15, 0.2) is 24.4 Å². The summed E-state index contributed by atoms with van der Waals surface area (Å²) in [6.07, 6.45) is 3.45. The maximum atomic E-state index is 12.0. The highest BCUT2D eigenvalue weighted by atomic mass is 16.2. The van der Waals surface area contributed by atoms with Crippen LogP contribution >= 0.6 is 0 Å². The second-order valence-electron chi connectivity index (χ2n) is 5.10. The van der Waals surface area contributed by atoms with Crippen LogP contribution in [0.1, 0.15) is 23.2 Å². The molecule has 1 aromatic heterocycles. The number of hydrogen-bond donors (Lipinski definition) is 2. The number of carbonyl (C=O) groups is 1. The summed E-state index contributed by atoms with van der Waals surface area (Å²) < 4.78 is 1.55. The van der Waals surface area contributed by atoms with Crippen LogP contribution in [0.4, 0.5) is 5.69 Å². The van der Waals surface area contributed by atoms with E-state index in [1.807, 2.05) is 32.0 Å². The van der Waals surface area contributed by atoms with Gasteiger partial charge >= 0.3 is 0 Å². The molecule has 112 valence electrons. The molecule has 6 heteroatoms. The Hall–Kier alpha value is -2.21. The Morgan fingerprint density at radius 1 is 1.38 bits per heavy atom. The predicted octanol–water partition coefficient (Wildman–Crippen LogP) is 1.42. The molecule has 2 aromatic rings. The van der Waals surface area contributed by atoms with Crippen LogP contribution in [0.5, 0.6) is 0 Å². The van der Waals surface area contributed by atoms with Crippen LogP contribution in [0, 0.1) is 13.8 Å². The number of amides is 1. The molecule has 0 fully saturated rings. The first-order chi connectivity index (χ1) is 10.1. The first-order valence-electron chi connectivity index (χ1n) is 7.05. The second kappa shape index (κ2) is 6.99. The summed E-state index contributed by atoms with van der Waals surface area (Å²) in [6.45, 7) is 4.79. The fraction of sp³-hybridized carbons (Fsp3) is 0.400. The summed E-state index contributed by atoms with van der Waals surface area (Å²) >= 11 is 0. The van der Waals surface area contributed by atoms with Crippen LogP contribution in [-0.2, 0) is 17.8 Å². The van der Waals surface area contributed by atoms with E-state index >= 15 is 0 Å². The SMILES string of the molecule is Cc1cccc(NC(=O)Cn2cc(CCCN)nn2)c1C. The first-order valence-corrected chi connectivity index (χ1v) is 7.05. The Labute approximate surface area is 124 Å². The lowest BCUT2D eigenvalue weighted by Gasteiger charge is -2.10. The summed E-state index contributed by atoms with van der Waals surface area (Å²) in [5, 5.41) is 10.9. The van der Waals surface area contributed by atoms with Gasteiger partial charge in [-0.25, -0.2) is 4.68 Å². The van der Waals surface area contributed by atoms with Crippen molar-refractivity contribution in [2.75, 3.05) is 11.9 Å². The number of nitrogens with zero attached hydrogens (tertiary/aromatic N) is 3. The van der Waals surface area contributed by atoms with E-state index in [0.29, 0.717) is 6.54 Å². The molecule has 21 heavy (non-hydrogen) atoms. The molecule has 0 spiro atoms. The van der Waals surface area contributed by atoms with Gasteiger partial charge in [-0.1, -0.05) is 17.3 Å². The average molecular weight is 287 g/mol. The molecular weight excluding hydrogens is 266 g/mol. The largest absolute Gasteiger partial charge is 0.330 e. The van der Waals surface area contributed by atoms with Crippen molar-refractivity contribution in [2.45, 2.75) is 33.2 Å². The van der Waals surface area contributed by atoms with Gasteiger partial charge in [-0.2, -0.15) is 0 Å². The number of hydrogen-bond acceptors (Lipinski definition) is 4. The van der Waals surface area contributed by atoms with Crippen LogP contribution < -0.4 is 11.1 Å². The Balaban J connectivity index is 1.95. The summed E-state index contributed by atoms with van der Waals surface area (Å²) in [7, 11) is 0. The highest BCUT2D eigenvalue weighted by Gasteiger charge is 2.08. The van der Waals surface area contributed by atoms with E-state index < -0.39 is 0 Å². The Morgan fingerprint density at radius 3 is 2.95 bits per heavy atom. The van der Waals surface area contributed by atoms with Crippen LogP contribution in [0.25, 0.3) is 0 Å². The minimum atomic E-state index is -0.112. The third kappa shape index (κ3) is 4.13. The lowest BCUT2D eigenvalue weighted by molar-refractivity contribution is -0.116. The summed E-state index contributed by atoms with van der Waals surface area (Å²) in [4.78, 5) is 12.0. The number of carbonyl (C=O) groups excluding carboxylic acids is 1. The minimum Gasteiger partial charge on any atom is -0.330 e. The average Bonchev–Trinajstić information content (AvgIpc) is 2.89. The predicted molar refractivity (Wildman–Crippen MR) is 81.9 cm³/mol. The number of nitrogens with two attached hydrogens (primary N) is 1. The number of rotatable bonds is 6. The highest BCUT2D eigenvalue weighted by molar-refractivity contribution is 5.91. The van der Waals surface area contributed by atoms with Gasteiger partial charge in [-0.15, -0.1) is 5.10 Å². The van der Waals surface area contributed by atoms with Crippen molar-refractivity contribution in [3.05, 3.63) is 41.2 Å². The summed E-state index contributed by atoms with van der Waals surface area (Å²) in [5.41, 5.74) is 9.38. The van der Waals surface area contributed by atoms with Gasteiger partial charge in [0, 0.05) is 11.9 Å². The van der Waals surface area contributed by atoms with E-state index in [-0.39, 0.29) is 12.5 Å². The number of aromatic nitrogens is 3. The molecule has 2 rings (SSSR count). The maximum absolute atomic E-state index is 12.0. The fourth-order valence-corrected chi connectivity index (χ4v) is 2.04. The van der Waals surface area contributed by atoms with Gasteiger partial charge in [0.1, 0.15) is 6.54 Å². The van der Waals surface area contributed by atoms with E-state index in [1.54, 1.807) is 10.9 Å². The van der Waals surface area contributed by atoms with Crippen LogP contribution in [-0.4, -0.2) is 27.4 Å². The molecule has 0 bridgehead atoms. The number of anilines is 1. The van der Waals surface area contributed by atoms with Crippen LogP contribution in [0.3, 0.4) is 0 Å². The molecule has 0 saturated carbocycles. The monoisotopic (exact) mass is 287 g/mol. The van der Waals surface area contributed by atoms with Gasteiger partial charge in [0.05, 0.1) is 5.69 Å². The molecule has 1 amide bonds. The quantitative estimate of drug-likeness (QED) is 0.841. The fourth-order valence-electron chi connectivity index (χ4n) is 2.04. The van der Waals surface area contributed by atoms with Gasteiger partial charge in [0.25, 0.3) is 0 Å². The molecule has 0 radical (unpaired) electrons. The van der Waals surface area contributed by atoms with Gasteiger partial charge in [0.2, 0.25) is 5.91 Å². The Kier molecular flexibility index (Phi) is 5.05. The van der Waals surface area contributed by atoms with Gasteiger partial charge < -0.3 is 11.1 Å². The van der Waals surface area contributed by atoms with E-state index in [9.17, 15) is 4.79 Å². The van der Waals surface area contributed by atoms with Crippen molar-refractivity contribution in [3.8, 4) is 0 Å². The van der Waals surface area contributed by atoms with E-state index in [4.69, 9.17) is 5.73 Å². The summed E-state index contributed by atoms with van der Waals surface area (Å²) in [5.74, 6) is -0.112. The van der Waals surface area contributed by atoms with Gasteiger partial charge in [-0.3, -0.25) is 4.79 Å². The van der Waals surface area contributed by atoms with E-state index in [0.717, 1.165) is 35.3 Å². The van der Waals surface area contributed by atoms with Crippen molar-refractivity contribution in [1.82, 2.24) is 15.0 Å². The highest BCUT2D eigenvalue weighted by Crippen LogP contribution is 2.17. The van der Waals surface area contributed by atoms with Crippen molar-refractivity contribution >= 4 is 11.6 Å². The van der Waals surface area contributed by atoms with Crippen molar-refractivity contribution in [1.29, 1.82) is 0 Å². The number of nitrogens with one attached hydrogen (secondary N) is 1. The number of aryl methyl sites for hydroxylation is 2. The molecule has 0 aliphatic rings. The Bertz CT molecular complexity index is 620. The lowest BCUT2D eigenvalue weighted by atomic mass is 10.1. The van der Waals surface area contributed by atoms with E-state index in [1.165, 1.54) is 0 Å². The number of benzene rings is 1. The second-order valence-corrected chi connectivity index (χ2v) is 5.10. The normalized spacial score (nSPS) is 10.6. The third-order valence-electron chi connectivity index (χ3n) is 3.41. The molecule has 0 saturated heterocycles. The molecule has 6 nitrogen and oxygen atoms in total. The molecule has 3 N–H and O–H groups in total. The van der Waals surface area contributed by atoms with Crippen molar-refractivity contribution in [3.63, 3.8) is 0 Å². The van der Waals surface area contributed by atoms with E-state index in [2.05, 4.69) is 15.6 Å². The molecule has 0 aliphatic heterocycles. The lowest BCUT2D eigenvalue weighted by Crippen LogP contribution is -2.19. The third-order valence-corrected chi connectivity index (χ3v) is 3.41. The van der Waals surface area contributed by atoms with Gasteiger partial charge in [0.15, 0.2) is 0 Å². The van der Waals surface area contributed by atoms with Gasteiger partial charge in [-0.05, 0) is 50.4 Å². The zero-order valence-electron chi connectivity index (χ0n) is 12.5. The van der Waals surface area contributed by atoms with Crippen LogP contribution in [0.2, 0.25) is 0 Å². The Morgan fingerprint density at radius 2 is 2.19 bits per heavy atom. The van der Waals surface area contributed by atoms with Crippen molar-refractivity contribution < 1.29 is 4.79 Å².